The Hall–Kier alpha value is -2.41. The van der Waals surface area contributed by atoms with E-state index >= 15 is 0 Å². The van der Waals surface area contributed by atoms with Gasteiger partial charge in [0.25, 0.3) is 0 Å². The molecule has 0 unspecified atom stereocenters. The van der Waals surface area contributed by atoms with Gasteiger partial charge in [-0.3, -0.25) is 14.9 Å². The van der Waals surface area contributed by atoms with Crippen LogP contribution in [0.1, 0.15) is 35.6 Å². The molecule has 1 N–H and O–H groups in total. The van der Waals surface area contributed by atoms with Crippen molar-refractivity contribution in [3.05, 3.63) is 40.8 Å². The molecule has 0 spiro atoms. The number of hydrogen-bond donors (Lipinski definition) is 1. The predicted molar refractivity (Wildman–Crippen MR) is 86.2 cm³/mol. The Balaban J connectivity index is 1.65. The van der Waals surface area contributed by atoms with Crippen LogP contribution >= 0.6 is 11.3 Å². The lowest BCUT2D eigenvalue weighted by Crippen LogP contribution is -2.14. The molecule has 6 nitrogen and oxygen atoms in total. The smallest absolute Gasteiger partial charge is 0.315 e. The summed E-state index contributed by atoms with van der Waals surface area (Å²) in [5.74, 6) is -0.247. The van der Waals surface area contributed by atoms with E-state index in [0.717, 1.165) is 23.4 Å². The molecule has 2 aromatic rings. The topological polar surface area (TPSA) is 81.4 Å². The Morgan fingerprint density at radius 2 is 2.43 bits per heavy atom. The van der Waals surface area contributed by atoms with Crippen molar-refractivity contribution in [3.63, 3.8) is 0 Å². The highest BCUT2D eigenvalue weighted by Crippen LogP contribution is 2.38. The molecule has 0 saturated heterocycles. The van der Waals surface area contributed by atoms with E-state index in [1.165, 1.54) is 17.4 Å². The maximum Gasteiger partial charge on any atom is 0.315 e. The summed E-state index contributed by atoms with van der Waals surface area (Å²) in [5, 5.41) is 3.21. The largest absolute Gasteiger partial charge is 0.465 e. The Bertz CT molecular complexity index is 733. The van der Waals surface area contributed by atoms with Crippen LogP contribution in [0.5, 0.6) is 0 Å². The van der Waals surface area contributed by atoms with E-state index in [1.54, 1.807) is 31.4 Å². The Morgan fingerprint density at radius 1 is 1.57 bits per heavy atom. The number of ether oxygens (including phenoxy) is 1. The van der Waals surface area contributed by atoms with Crippen LogP contribution in [0.4, 0.5) is 5.13 Å². The van der Waals surface area contributed by atoms with Gasteiger partial charge in [0, 0.05) is 11.0 Å². The zero-order chi connectivity index (χ0) is 16.2. The molecule has 2 heterocycles. The monoisotopic (exact) mass is 332 g/mol. The van der Waals surface area contributed by atoms with Crippen LogP contribution in [0.15, 0.2) is 28.9 Å². The minimum absolute atomic E-state index is 0.243. The van der Waals surface area contributed by atoms with E-state index in [0.29, 0.717) is 17.5 Å². The molecule has 1 aliphatic carbocycles. The number of fused-ring (bicyclic) bond motifs is 1. The second-order valence-corrected chi connectivity index (χ2v) is 6.09. The maximum atomic E-state index is 11.9. The first kappa shape index (κ1) is 15.5. The SMILES string of the molecule is CCOC(=O)[C@@H]1CCc2sc(NC(=O)/C=C/c3ccco3)nc21. The molecule has 0 aliphatic heterocycles. The zero-order valence-electron chi connectivity index (χ0n) is 12.6. The van der Waals surface area contributed by atoms with Gasteiger partial charge in [0.1, 0.15) is 11.7 Å². The Morgan fingerprint density at radius 3 is 3.17 bits per heavy atom. The van der Waals surface area contributed by atoms with Gasteiger partial charge in [-0.2, -0.15) is 0 Å². The first-order valence-electron chi connectivity index (χ1n) is 7.36. The number of furan rings is 1. The van der Waals surface area contributed by atoms with Crippen molar-refractivity contribution in [3.8, 4) is 0 Å². The number of amides is 1. The predicted octanol–water partition coefficient (Wildman–Crippen LogP) is 2.98. The molecule has 1 aliphatic rings. The lowest BCUT2D eigenvalue weighted by Gasteiger charge is -2.07. The van der Waals surface area contributed by atoms with Gasteiger partial charge in [0.15, 0.2) is 5.13 Å². The third-order valence-corrected chi connectivity index (χ3v) is 4.51. The van der Waals surface area contributed by atoms with Crippen molar-refractivity contribution in [1.82, 2.24) is 4.98 Å². The minimum atomic E-state index is -0.314. The molecule has 120 valence electrons. The molecule has 23 heavy (non-hydrogen) atoms. The van der Waals surface area contributed by atoms with Gasteiger partial charge in [0.2, 0.25) is 5.91 Å². The van der Waals surface area contributed by atoms with E-state index in [1.807, 2.05) is 0 Å². The van der Waals surface area contributed by atoms with Crippen LogP contribution < -0.4 is 5.32 Å². The normalized spacial score (nSPS) is 16.5. The second-order valence-electron chi connectivity index (χ2n) is 5.01. The van der Waals surface area contributed by atoms with Gasteiger partial charge in [-0.25, -0.2) is 4.98 Å². The first-order valence-corrected chi connectivity index (χ1v) is 8.18. The van der Waals surface area contributed by atoms with Crippen LogP contribution in [0.25, 0.3) is 6.08 Å². The summed E-state index contributed by atoms with van der Waals surface area (Å²) in [7, 11) is 0. The number of hydrogen-bond acceptors (Lipinski definition) is 6. The fourth-order valence-electron chi connectivity index (χ4n) is 2.44. The number of aromatic nitrogens is 1. The molecular formula is C16H16N2O4S. The number of carbonyl (C=O) groups excluding carboxylic acids is 2. The third kappa shape index (κ3) is 3.50. The zero-order valence-corrected chi connectivity index (χ0v) is 13.4. The molecule has 0 saturated carbocycles. The third-order valence-electron chi connectivity index (χ3n) is 3.46. The Kier molecular flexibility index (Phi) is 4.57. The number of esters is 1. The number of rotatable bonds is 5. The number of anilines is 1. The number of thiazole rings is 1. The van der Waals surface area contributed by atoms with Gasteiger partial charge < -0.3 is 9.15 Å². The van der Waals surface area contributed by atoms with Crippen molar-refractivity contribution >= 4 is 34.4 Å². The van der Waals surface area contributed by atoms with Crippen molar-refractivity contribution < 1.29 is 18.7 Å². The quantitative estimate of drug-likeness (QED) is 0.672. The number of nitrogens with one attached hydrogen (secondary N) is 1. The average Bonchev–Trinajstić information content (AvgIpc) is 3.21. The van der Waals surface area contributed by atoms with Crippen LogP contribution in [0.2, 0.25) is 0 Å². The second kappa shape index (κ2) is 6.78. The lowest BCUT2D eigenvalue weighted by molar-refractivity contribution is -0.145. The number of aryl methyl sites for hydroxylation is 1. The molecule has 0 fully saturated rings. The van der Waals surface area contributed by atoms with Crippen LogP contribution in [-0.2, 0) is 20.7 Å². The van der Waals surface area contributed by atoms with Gasteiger partial charge in [-0.05, 0) is 38.0 Å². The van der Waals surface area contributed by atoms with Gasteiger partial charge in [0.05, 0.1) is 18.6 Å². The van der Waals surface area contributed by atoms with Crippen LogP contribution in [0.3, 0.4) is 0 Å². The average molecular weight is 332 g/mol. The van der Waals surface area contributed by atoms with E-state index in [9.17, 15) is 9.59 Å². The fraction of sp³-hybridized carbons (Fsp3) is 0.312. The molecule has 7 heteroatoms. The highest BCUT2D eigenvalue weighted by atomic mass is 32.1. The summed E-state index contributed by atoms with van der Waals surface area (Å²) in [6.07, 6.45) is 6.01. The van der Waals surface area contributed by atoms with Gasteiger partial charge >= 0.3 is 5.97 Å². The van der Waals surface area contributed by atoms with Crippen molar-refractivity contribution in [1.29, 1.82) is 0 Å². The summed E-state index contributed by atoms with van der Waals surface area (Å²) >= 11 is 1.40. The van der Waals surface area contributed by atoms with E-state index in [-0.39, 0.29) is 17.8 Å². The highest BCUT2D eigenvalue weighted by Gasteiger charge is 2.33. The molecule has 0 radical (unpaired) electrons. The van der Waals surface area contributed by atoms with Crippen LogP contribution in [-0.4, -0.2) is 23.5 Å². The van der Waals surface area contributed by atoms with Crippen molar-refractivity contribution in [2.75, 3.05) is 11.9 Å². The highest BCUT2D eigenvalue weighted by molar-refractivity contribution is 7.16. The van der Waals surface area contributed by atoms with Crippen molar-refractivity contribution in [2.24, 2.45) is 0 Å². The maximum absolute atomic E-state index is 11.9. The fourth-order valence-corrected chi connectivity index (χ4v) is 3.49. The molecule has 1 amide bonds. The van der Waals surface area contributed by atoms with E-state index in [2.05, 4.69) is 10.3 Å². The molecular weight excluding hydrogens is 316 g/mol. The summed E-state index contributed by atoms with van der Waals surface area (Å²) in [6.45, 7) is 2.14. The summed E-state index contributed by atoms with van der Waals surface area (Å²) in [4.78, 5) is 29.2. The summed E-state index contributed by atoms with van der Waals surface area (Å²) in [6, 6.07) is 3.50. The van der Waals surface area contributed by atoms with Crippen molar-refractivity contribution in [2.45, 2.75) is 25.7 Å². The molecule has 0 bridgehead atoms. The molecule has 3 rings (SSSR count). The van der Waals surface area contributed by atoms with Crippen LogP contribution in [0, 0.1) is 0 Å². The standard InChI is InChI=1S/C16H16N2O4S/c1-2-21-15(20)11-6-7-12-14(11)18-16(23-12)17-13(19)8-5-10-4-3-9-22-10/h3-5,8-9,11H,2,6-7H2,1H3,(H,17,18,19)/b8-5+/t11-/m1/s1. The molecule has 0 aromatic carbocycles. The van der Waals surface area contributed by atoms with Gasteiger partial charge in [-0.15, -0.1) is 11.3 Å². The van der Waals surface area contributed by atoms with E-state index < -0.39 is 0 Å². The summed E-state index contributed by atoms with van der Waals surface area (Å²) in [5.41, 5.74) is 0.735. The molecule has 1 atom stereocenters. The lowest BCUT2D eigenvalue weighted by atomic mass is 10.1. The number of carbonyl (C=O) groups is 2. The Labute approximate surface area is 137 Å². The molecule has 2 aromatic heterocycles. The van der Waals surface area contributed by atoms with E-state index in [4.69, 9.17) is 9.15 Å². The summed E-state index contributed by atoms with van der Waals surface area (Å²) < 4.78 is 10.2. The van der Waals surface area contributed by atoms with Gasteiger partial charge in [-0.1, -0.05) is 0 Å². The minimum Gasteiger partial charge on any atom is -0.465 e. The first-order chi connectivity index (χ1) is 11.2. The number of nitrogens with zero attached hydrogens (tertiary/aromatic N) is 1.